The van der Waals surface area contributed by atoms with Gasteiger partial charge in [-0.25, -0.2) is 0 Å². The van der Waals surface area contributed by atoms with E-state index in [9.17, 15) is 5.11 Å². The van der Waals surface area contributed by atoms with Crippen LogP contribution in [0.15, 0.2) is 23.3 Å². The number of rotatable bonds is 8. The average molecular weight is 441 g/mol. The molecule has 1 aliphatic heterocycles. The molecule has 0 amide bonds. The summed E-state index contributed by atoms with van der Waals surface area (Å²) in [6.45, 7) is 24.5. The predicted octanol–water partition coefficient (Wildman–Crippen LogP) is 8.93. The third-order valence-electron chi connectivity index (χ3n) is 7.38. The summed E-state index contributed by atoms with van der Waals surface area (Å²) in [5, 5.41) is 10.5. The molecule has 0 saturated carbocycles. The molecule has 1 aromatic carbocycles. The first-order valence-corrected chi connectivity index (χ1v) is 12.4. The van der Waals surface area contributed by atoms with E-state index in [-0.39, 0.29) is 16.4 Å². The topological polar surface area (TPSA) is 29.5 Å². The lowest BCUT2D eigenvalue weighted by atomic mass is 9.74. The molecule has 1 atom stereocenters. The molecule has 1 aromatic rings. The largest absolute Gasteiger partial charge is 0.507 e. The number of phenolic OH excluding ortho intramolecular Hbond substituents is 1. The highest BCUT2D eigenvalue weighted by atomic mass is 16.5. The second-order valence-electron chi connectivity index (χ2n) is 12.2. The molecular weight excluding hydrogens is 392 g/mol. The Morgan fingerprint density at radius 2 is 1.66 bits per heavy atom. The van der Waals surface area contributed by atoms with E-state index in [1.165, 1.54) is 16.7 Å². The molecule has 2 rings (SSSR count). The first kappa shape index (κ1) is 26.6. The summed E-state index contributed by atoms with van der Waals surface area (Å²) in [6.07, 6.45) is 11.1. The number of fused-ring (bicyclic) bond motifs is 1. The molecule has 2 heteroatoms. The summed E-state index contributed by atoms with van der Waals surface area (Å²) in [4.78, 5) is 0. The first-order chi connectivity index (χ1) is 14.6. The molecule has 2 nitrogen and oxygen atoms in total. The lowest BCUT2D eigenvalue weighted by Crippen LogP contribution is -2.41. The maximum atomic E-state index is 10.5. The van der Waals surface area contributed by atoms with E-state index in [0.717, 1.165) is 61.0 Å². The molecule has 0 fully saturated rings. The van der Waals surface area contributed by atoms with E-state index >= 15 is 0 Å². The molecule has 1 aliphatic rings. The summed E-state index contributed by atoms with van der Waals surface area (Å²) in [5.74, 6) is 1.44. The minimum absolute atomic E-state index is 0.155. The van der Waals surface area contributed by atoms with Crippen LogP contribution in [0.1, 0.15) is 110 Å². The molecule has 0 bridgehead atoms. The van der Waals surface area contributed by atoms with Crippen molar-refractivity contribution in [1.29, 1.82) is 0 Å². The Hall–Kier alpha value is -1.70. The third-order valence-corrected chi connectivity index (χ3v) is 7.38. The Morgan fingerprint density at radius 1 is 1.03 bits per heavy atom. The summed E-state index contributed by atoms with van der Waals surface area (Å²) in [7, 11) is 0. The van der Waals surface area contributed by atoms with Crippen molar-refractivity contribution in [1.82, 2.24) is 0 Å². The minimum Gasteiger partial charge on any atom is -0.507 e. The van der Waals surface area contributed by atoms with Crippen LogP contribution in [-0.2, 0) is 6.42 Å². The quantitative estimate of drug-likeness (QED) is 0.409. The summed E-state index contributed by atoms with van der Waals surface area (Å²) < 4.78 is 6.71. The van der Waals surface area contributed by atoms with Crippen LogP contribution in [-0.4, -0.2) is 10.7 Å². The van der Waals surface area contributed by atoms with Crippen molar-refractivity contribution in [3.8, 4) is 11.5 Å². The van der Waals surface area contributed by atoms with E-state index in [1.807, 2.05) is 13.8 Å². The first-order valence-electron chi connectivity index (χ1n) is 12.4. The molecule has 180 valence electrons. The Balaban J connectivity index is 2.13. The van der Waals surface area contributed by atoms with Gasteiger partial charge >= 0.3 is 0 Å². The van der Waals surface area contributed by atoms with Crippen molar-refractivity contribution in [2.45, 2.75) is 120 Å². The highest BCUT2D eigenvalue weighted by Crippen LogP contribution is 2.46. The highest BCUT2D eigenvalue weighted by Gasteiger charge is 2.38. The van der Waals surface area contributed by atoms with E-state index < -0.39 is 0 Å². The number of ether oxygens (including phenoxy) is 1. The SMILES string of the molecule is CC/C(C)=C/C(C)(C)C/C(C)=C/CC(C)(C)CC1(C)CCc2c(C)c(O)c(C)c(C)c2O1. The van der Waals surface area contributed by atoms with E-state index in [1.54, 1.807) is 0 Å². The standard InChI is InChI=1S/C30H48O2/c1-12-20(2)17-29(9,10)18-21(3)13-15-28(7,8)19-30(11)16-14-25-24(6)26(31)22(4)23(5)27(25)32-30/h13,17,31H,12,14-16,18-19H2,1-11H3/b20-17+,21-13+. The second-order valence-corrected chi connectivity index (χ2v) is 12.2. The molecule has 0 aliphatic carbocycles. The Kier molecular flexibility index (Phi) is 8.01. The zero-order chi connectivity index (χ0) is 24.5. The molecule has 0 saturated heterocycles. The van der Waals surface area contributed by atoms with Crippen molar-refractivity contribution >= 4 is 0 Å². The number of hydrogen-bond acceptors (Lipinski definition) is 2. The number of allylic oxidation sites excluding steroid dienone is 4. The predicted molar refractivity (Wildman–Crippen MR) is 139 cm³/mol. The fourth-order valence-corrected chi connectivity index (χ4v) is 5.57. The minimum atomic E-state index is -0.181. The Morgan fingerprint density at radius 3 is 2.25 bits per heavy atom. The zero-order valence-electron chi connectivity index (χ0n) is 22.8. The van der Waals surface area contributed by atoms with Gasteiger partial charge in [0.15, 0.2) is 0 Å². The molecule has 1 heterocycles. The maximum Gasteiger partial charge on any atom is 0.127 e. The van der Waals surface area contributed by atoms with Gasteiger partial charge < -0.3 is 9.84 Å². The number of benzene rings is 1. The fourth-order valence-electron chi connectivity index (χ4n) is 5.57. The second kappa shape index (κ2) is 9.65. The molecule has 32 heavy (non-hydrogen) atoms. The third kappa shape index (κ3) is 6.42. The van der Waals surface area contributed by atoms with Crippen LogP contribution in [0, 0.1) is 31.6 Å². The van der Waals surface area contributed by atoms with Crippen molar-refractivity contribution in [2.75, 3.05) is 0 Å². The van der Waals surface area contributed by atoms with Crippen molar-refractivity contribution in [3.05, 3.63) is 45.6 Å². The average Bonchev–Trinajstić information content (AvgIpc) is 2.67. The van der Waals surface area contributed by atoms with Crippen LogP contribution in [0.2, 0.25) is 0 Å². The molecule has 1 unspecified atom stereocenters. The molecule has 0 radical (unpaired) electrons. The number of phenols is 1. The van der Waals surface area contributed by atoms with Crippen LogP contribution in [0.4, 0.5) is 0 Å². The van der Waals surface area contributed by atoms with Gasteiger partial charge in [-0.2, -0.15) is 0 Å². The van der Waals surface area contributed by atoms with Crippen LogP contribution >= 0.6 is 0 Å². The summed E-state index contributed by atoms with van der Waals surface area (Å²) in [5.41, 5.74) is 7.32. The molecule has 0 aromatic heterocycles. The number of hydrogen-bond donors (Lipinski definition) is 1. The van der Waals surface area contributed by atoms with Gasteiger partial charge in [-0.1, -0.05) is 57.9 Å². The Bertz CT molecular complexity index is 898. The van der Waals surface area contributed by atoms with E-state index in [2.05, 4.69) is 74.5 Å². The van der Waals surface area contributed by atoms with Gasteiger partial charge in [0.2, 0.25) is 0 Å². The van der Waals surface area contributed by atoms with Crippen molar-refractivity contribution < 1.29 is 9.84 Å². The normalized spacial score (nSPS) is 20.2. The summed E-state index contributed by atoms with van der Waals surface area (Å²) in [6, 6.07) is 0. The smallest absolute Gasteiger partial charge is 0.127 e. The molecule has 0 spiro atoms. The lowest BCUT2D eigenvalue weighted by molar-refractivity contribution is 0.0201. The van der Waals surface area contributed by atoms with Gasteiger partial charge in [-0.15, -0.1) is 0 Å². The van der Waals surface area contributed by atoms with Crippen LogP contribution < -0.4 is 4.74 Å². The fraction of sp³-hybridized carbons (Fsp3) is 0.667. The number of aromatic hydroxyl groups is 1. The molecule has 1 N–H and O–H groups in total. The lowest BCUT2D eigenvalue weighted by Gasteiger charge is -2.42. The van der Waals surface area contributed by atoms with Crippen LogP contribution in [0.25, 0.3) is 0 Å². The van der Waals surface area contributed by atoms with E-state index in [4.69, 9.17) is 4.74 Å². The monoisotopic (exact) mass is 440 g/mol. The van der Waals surface area contributed by atoms with Gasteiger partial charge in [0.25, 0.3) is 0 Å². The highest BCUT2D eigenvalue weighted by molar-refractivity contribution is 5.58. The van der Waals surface area contributed by atoms with Gasteiger partial charge in [-0.05, 0) is 108 Å². The van der Waals surface area contributed by atoms with Gasteiger partial charge in [-0.3, -0.25) is 0 Å². The van der Waals surface area contributed by atoms with Gasteiger partial charge in [0.1, 0.15) is 17.1 Å². The van der Waals surface area contributed by atoms with Crippen LogP contribution in [0.5, 0.6) is 11.5 Å². The van der Waals surface area contributed by atoms with Crippen LogP contribution in [0.3, 0.4) is 0 Å². The van der Waals surface area contributed by atoms with Crippen molar-refractivity contribution in [3.63, 3.8) is 0 Å². The van der Waals surface area contributed by atoms with Gasteiger partial charge in [0, 0.05) is 5.56 Å². The molecular formula is C30H48O2. The van der Waals surface area contributed by atoms with Crippen molar-refractivity contribution in [2.24, 2.45) is 10.8 Å². The Labute approximate surface area is 198 Å². The maximum absolute atomic E-state index is 10.5. The summed E-state index contributed by atoms with van der Waals surface area (Å²) >= 11 is 0. The zero-order valence-corrected chi connectivity index (χ0v) is 22.8. The van der Waals surface area contributed by atoms with Gasteiger partial charge in [0.05, 0.1) is 0 Å². The van der Waals surface area contributed by atoms with E-state index in [0.29, 0.717) is 5.75 Å².